The van der Waals surface area contributed by atoms with E-state index in [9.17, 15) is 26.0 Å². The first-order valence-electron chi connectivity index (χ1n) is 7.49. The van der Waals surface area contributed by atoms with Crippen LogP contribution in [0.15, 0.2) is 57.9 Å². The summed E-state index contributed by atoms with van der Waals surface area (Å²) in [6, 6.07) is 9.44. The molecule has 3 aromatic rings. The van der Waals surface area contributed by atoms with Crippen LogP contribution in [-0.2, 0) is 16.2 Å². The number of hydrogen-bond acceptors (Lipinski definition) is 4. The van der Waals surface area contributed by atoms with E-state index < -0.39 is 27.8 Å². The van der Waals surface area contributed by atoms with Crippen LogP contribution < -0.4 is 4.72 Å². The number of halogens is 4. The number of aromatic nitrogens is 1. The lowest BCUT2D eigenvalue weighted by atomic mass is 10.1. The molecule has 0 unspecified atom stereocenters. The number of anilines is 1. The molecule has 0 fully saturated rings. The maximum absolute atomic E-state index is 13.0. The van der Waals surface area contributed by atoms with Gasteiger partial charge in [-0.1, -0.05) is 17.3 Å². The molecule has 10 heteroatoms. The van der Waals surface area contributed by atoms with Crippen molar-refractivity contribution in [1.29, 1.82) is 0 Å². The molecule has 0 saturated heterocycles. The minimum atomic E-state index is -4.70. The van der Waals surface area contributed by atoms with Crippen LogP contribution in [0.5, 0.6) is 0 Å². The summed E-state index contributed by atoms with van der Waals surface area (Å²) in [5.41, 5.74) is 0.495. The second kappa shape index (κ2) is 6.69. The highest BCUT2D eigenvalue weighted by atomic mass is 32.2. The van der Waals surface area contributed by atoms with E-state index in [2.05, 4.69) is 14.4 Å². The van der Waals surface area contributed by atoms with Gasteiger partial charge >= 0.3 is 6.18 Å². The maximum Gasteiger partial charge on any atom is 0.452 e. The Bertz CT molecular complexity index is 1070. The van der Waals surface area contributed by atoms with Crippen LogP contribution >= 0.6 is 0 Å². The van der Waals surface area contributed by atoms with Gasteiger partial charge < -0.3 is 4.52 Å². The van der Waals surface area contributed by atoms with Gasteiger partial charge in [0.2, 0.25) is 5.76 Å². The highest BCUT2D eigenvalue weighted by Gasteiger charge is 2.36. The summed E-state index contributed by atoms with van der Waals surface area (Å²) >= 11 is 0. The topological polar surface area (TPSA) is 72.2 Å². The first kappa shape index (κ1) is 18.9. The molecular formula is C17H12F4N2O3S. The van der Waals surface area contributed by atoms with Crippen molar-refractivity contribution in [3.05, 3.63) is 65.7 Å². The molecule has 0 aliphatic heterocycles. The summed E-state index contributed by atoms with van der Waals surface area (Å²) in [4.78, 5) is -0.152. The van der Waals surface area contributed by atoms with Gasteiger partial charge in [-0.05, 0) is 42.8 Å². The third kappa shape index (κ3) is 4.11. The minimum absolute atomic E-state index is 0.138. The Labute approximate surface area is 151 Å². The van der Waals surface area contributed by atoms with E-state index in [-0.39, 0.29) is 21.8 Å². The Morgan fingerprint density at radius 3 is 2.30 bits per heavy atom. The number of aryl methyl sites for hydroxylation is 1. The summed E-state index contributed by atoms with van der Waals surface area (Å²) in [6.45, 7) is 1.53. The average Bonchev–Trinajstić information content (AvgIpc) is 3.07. The molecule has 0 aliphatic carbocycles. The van der Waals surface area contributed by atoms with E-state index in [1.807, 2.05) is 0 Å². The molecule has 1 heterocycles. The molecule has 0 spiro atoms. The van der Waals surface area contributed by atoms with Gasteiger partial charge in [-0.2, -0.15) is 13.2 Å². The second-order valence-corrected chi connectivity index (χ2v) is 7.32. The standard InChI is InChI=1S/C17H12F4N2O3S/c1-10-2-3-11(14-9-16(26-22-14)17(19,20)21)8-15(10)27(24,25)23-13-6-4-12(18)5-7-13/h2-9,23H,1H3. The summed E-state index contributed by atoms with van der Waals surface area (Å²) < 4.78 is 82.7. The van der Waals surface area contributed by atoms with Gasteiger partial charge in [-0.25, -0.2) is 12.8 Å². The van der Waals surface area contributed by atoms with Crippen LogP contribution in [0.2, 0.25) is 0 Å². The fourth-order valence-corrected chi connectivity index (χ4v) is 3.65. The van der Waals surface area contributed by atoms with Crippen LogP contribution in [0.1, 0.15) is 11.3 Å². The molecule has 0 saturated carbocycles. The van der Waals surface area contributed by atoms with E-state index in [0.717, 1.165) is 12.1 Å². The zero-order valence-corrected chi connectivity index (χ0v) is 14.5. The van der Waals surface area contributed by atoms with Gasteiger partial charge in [0.05, 0.1) is 4.90 Å². The molecule has 0 radical (unpaired) electrons. The van der Waals surface area contributed by atoms with E-state index >= 15 is 0 Å². The Morgan fingerprint density at radius 2 is 1.70 bits per heavy atom. The number of sulfonamides is 1. The van der Waals surface area contributed by atoms with Gasteiger partial charge in [0.15, 0.2) is 0 Å². The maximum atomic E-state index is 13.0. The van der Waals surface area contributed by atoms with Crippen molar-refractivity contribution in [2.45, 2.75) is 18.0 Å². The van der Waals surface area contributed by atoms with Crippen LogP contribution in [0.25, 0.3) is 11.3 Å². The number of hydrogen-bond donors (Lipinski definition) is 1. The third-order valence-corrected chi connectivity index (χ3v) is 5.18. The lowest BCUT2D eigenvalue weighted by molar-refractivity contribution is -0.155. The Hall–Kier alpha value is -2.88. The van der Waals surface area contributed by atoms with Gasteiger partial charge in [-0.3, -0.25) is 4.72 Å². The summed E-state index contributed by atoms with van der Waals surface area (Å²) in [6.07, 6.45) is -4.70. The Kier molecular flexibility index (Phi) is 4.68. The summed E-state index contributed by atoms with van der Waals surface area (Å²) in [5.74, 6) is -1.81. The van der Waals surface area contributed by atoms with E-state index in [1.165, 1.54) is 37.3 Å². The lowest BCUT2D eigenvalue weighted by Gasteiger charge is -2.11. The number of nitrogens with one attached hydrogen (secondary N) is 1. The predicted octanol–water partition coefficient (Wildman–Crippen LogP) is 4.61. The third-order valence-electron chi connectivity index (χ3n) is 3.66. The largest absolute Gasteiger partial charge is 0.452 e. The average molecular weight is 400 g/mol. The molecule has 142 valence electrons. The SMILES string of the molecule is Cc1ccc(-c2cc(C(F)(F)F)on2)cc1S(=O)(=O)Nc1ccc(F)cc1. The number of benzene rings is 2. The van der Waals surface area contributed by atoms with Crippen molar-refractivity contribution in [3.8, 4) is 11.3 Å². The van der Waals surface area contributed by atoms with Crippen LogP contribution in [-0.4, -0.2) is 13.6 Å². The first-order valence-corrected chi connectivity index (χ1v) is 8.98. The molecule has 0 atom stereocenters. The van der Waals surface area contributed by atoms with Gasteiger partial charge in [0, 0.05) is 17.3 Å². The van der Waals surface area contributed by atoms with Crippen LogP contribution in [0.4, 0.5) is 23.2 Å². The Balaban J connectivity index is 1.97. The van der Waals surface area contributed by atoms with E-state index in [0.29, 0.717) is 11.6 Å². The molecule has 27 heavy (non-hydrogen) atoms. The van der Waals surface area contributed by atoms with Crippen LogP contribution in [0.3, 0.4) is 0 Å². The van der Waals surface area contributed by atoms with Crippen molar-refractivity contribution in [3.63, 3.8) is 0 Å². The summed E-state index contributed by atoms with van der Waals surface area (Å²) in [5, 5.41) is 3.35. The molecule has 2 aromatic carbocycles. The minimum Gasteiger partial charge on any atom is -0.351 e. The van der Waals surface area contributed by atoms with Crippen molar-refractivity contribution in [2.75, 3.05) is 4.72 Å². The quantitative estimate of drug-likeness (QED) is 0.650. The number of alkyl halides is 3. The number of rotatable bonds is 4. The highest BCUT2D eigenvalue weighted by Crippen LogP contribution is 2.33. The normalized spacial score (nSPS) is 12.2. The molecule has 1 aromatic heterocycles. The first-order chi connectivity index (χ1) is 12.6. The lowest BCUT2D eigenvalue weighted by Crippen LogP contribution is -2.14. The molecule has 0 amide bonds. The zero-order chi connectivity index (χ0) is 19.8. The molecule has 0 bridgehead atoms. The zero-order valence-electron chi connectivity index (χ0n) is 13.7. The fourth-order valence-electron chi connectivity index (χ4n) is 2.32. The second-order valence-electron chi connectivity index (χ2n) is 5.67. The molecule has 0 aliphatic rings. The monoisotopic (exact) mass is 400 g/mol. The molecular weight excluding hydrogens is 388 g/mol. The van der Waals surface area contributed by atoms with Gasteiger partial charge in [0.25, 0.3) is 10.0 Å². The van der Waals surface area contributed by atoms with Crippen molar-refractivity contribution in [1.82, 2.24) is 5.16 Å². The van der Waals surface area contributed by atoms with Gasteiger partial charge in [-0.15, -0.1) is 0 Å². The van der Waals surface area contributed by atoms with Crippen molar-refractivity contribution < 1.29 is 30.5 Å². The molecule has 1 N–H and O–H groups in total. The van der Waals surface area contributed by atoms with E-state index in [4.69, 9.17) is 0 Å². The van der Waals surface area contributed by atoms with E-state index in [1.54, 1.807) is 0 Å². The number of nitrogens with zero attached hydrogens (tertiary/aromatic N) is 1. The smallest absolute Gasteiger partial charge is 0.351 e. The summed E-state index contributed by atoms with van der Waals surface area (Å²) in [7, 11) is -4.06. The van der Waals surface area contributed by atoms with Crippen molar-refractivity contribution >= 4 is 15.7 Å². The highest BCUT2D eigenvalue weighted by molar-refractivity contribution is 7.92. The van der Waals surface area contributed by atoms with Gasteiger partial charge in [0.1, 0.15) is 11.5 Å². The molecule has 3 rings (SSSR count). The Morgan fingerprint density at radius 1 is 1.04 bits per heavy atom. The molecule has 5 nitrogen and oxygen atoms in total. The fraction of sp³-hybridized carbons (Fsp3) is 0.118. The van der Waals surface area contributed by atoms with Crippen molar-refractivity contribution in [2.24, 2.45) is 0 Å². The van der Waals surface area contributed by atoms with Crippen LogP contribution in [0, 0.1) is 12.7 Å². The predicted molar refractivity (Wildman–Crippen MR) is 88.9 cm³/mol.